The summed E-state index contributed by atoms with van der Waals surface area (Å²) in [6, 6.07) is -3.74. The molecule has 0 spiro atoms. The lowest BCUT2D eigenvalue weighted by Gasteiger charge is -2.31. The molecular weight excluding hydrogens is 893 g/mol. The molecule has 1 aliphatic heterocycles. The van der Waals surface area contributed by atoms with Gasteiger partial charge in [-0.2, -0.15) is 0 Å². The van der Waals surface area contributed by atoms with Crippen LogP contribution in [0.3, 0.4) is 0 Å². The summed E-state index contributed by atoms with van der Waals surface area (Å²) in [6.45, 7) is 3.18. The van der Waals surface area contributed by atoms with Gasteiger partial charge in [0.15, 0.2) is 0 Å². The molecule has 8 atom stereocenters. The zero-order valence-corrected chi connectivity index (χ0v) is 38.0. The molecule has 374 valence electrons. The van der Waals surface area contributed by atoms with E-state index >= 15 is 0 Å². The summed E-state index contributed by atoms with van der Waals surface area (Å²) in [7, 11) is 0. The number of nitrogens with one attached hydrogen (secondary N) is 7. The van der Waals surface area contributed by atoms with Crippen LogP contribution < -0.4 is 49.1 Å². The van der Waals surface area contributed by atoms with Crippen LogP contribution in [0.15, 0.2) is 36.8 Å². The minimum atomic E-state index is -1.72. The van der Waals surface area contributed by atoms with E-state index in [9.17, 15) is 63.3 Å². The maximum absolute atomic E-state index is 14.2. The molecule has 1 saturated heterocycles. The van der Waals surface area contributed by atoms with Crippen molar-refractivity contribution in [3.05, 3.63) is 48.0 Å². The fraction of sp³-hybridized carbons (Fsp3) is 0.558. The standard InChI is InChI=1S/C43H64N12O13/c1-3-23(2)36(46)41(65)53-30(18-25-20-47-22-49-25)39(63)52-28(13-14-35(59)60)42(66)55-16-6-8-32(55)40(64)51-27(7-4-5-15-44)37(61)48-21-34(58)50-29(17-24-9-11-26(56)12-10-24)38(62)54-31(43(67)68)19-33(45)57/h9-12,20,22-23,27-32,36,56H,3-8,13-19,21,44,46H2,1-2H3,(H2,45,57)(H,47,49)(H,48,61)(H,50,58)(H,51,64)(H,52,63)(H,53,65)(H,54,62)(H,59,60)(H,67,68)/t23-,27-,28-,29-,30-,31-,32-,36-/m0/s1. The first-order valence-corrected chi connectivity index (χ1v) is 22.3. The van der Waals surface area contributed by atoms with Crippen LogP contribution in [0, 0.1) is 5.92 Å². The highest BCUT2D eigenvalue weighted by Crippen LogP contribution is 2.21. The number of nitrogens with zero attached hydrogens (tertiary/aromatic N) is 2. The molecule has 25 heteroatoms. The van der Waals surface area contributed by atoms with Gasteiger partial charge in [0.2, 0.25) is 47.3 Å². The Bertz CT molecular complexity index is 2070. The number of H-pyrrole nitrogens is 1. The molecule has 0 saturated carbocycles. The second kappa shape index (κ2) is 27.5. The summed E-state index contributed by atoms with van der Waals surface area (Å²) in [5.41, 5.74) is 17.8. The number of carbonyl (C=O) groups is 10. The molecule has 2 heterocycles. The van der Waals surface area contributed by atoms with E-state index in [1.54, 1.807) is 6.92 Å². The van der Waals surface area contributed by atoms with E-state index in [-0.39, 0.29) is 56.9 Å². The zero-order valence-electron chi connectivity index (χ0n) is 38.0. The Balaban J connectivity index is 1.77. The first-order valence-electron chi connectivity index (χ1n) is 22.3. The number of unbranched alkanes of at least 4 members (excludes halogenated alkanes) is 1. The largest absolute Gasteiger partial charge is 0.508 e. The van der Waals surface area contributed by atoms with Crippen molar-refractivity contribution in [1.29, 1.82) is 0 Å². The van der Waals surface area contributed by atoms with Crippen molar-refractivity contribution in [3.8, 4) is 5.75 Å². The van der Waals surface area contributed by atoms with Crippen LogP contribution >= 0.6 is 0 Å². The number of phenols is 1. The van der Waals surface area contributed by atoms with E-state index in [1.165, 1.54) is 41.7 Å². The number of imidazole rings is 1. The predicted octanol–water partition coefficient (Wildman–Crippen LogP) is -3.24. The first kappa shape index (κ1) is 55.2. The maximum atomic E-state index is 14.2. The number of likely N-dealkylation sites (tertiary alicyclic amines) is 1. The van der Waals surface area contributed by atoms with Crippen LogP contribution in [0.2, 0.25) is 0 Å². The van der Waals surface area contributed by atoms with Gasteiger partial charge in [0.1, 0.15) is 42.0 Å². The smallest absolute Gasteiger partial charge is 0.326 e. The molecule has 0 radical (unpaired) electrons. The molecule has 1 aromatic heterocycles. The lowest BCUT2D eigenvalue weighted by atomic mass is 9.98. The number of carboxylic acids is 2. The summed E-state index contributed by atoms with van der Waals surface area (Å²) in [6.07, 6.45) is 2.73. The fourth-order valence-corrected chi connectivity index (χ4v) is 7.22. The van der Waals surface area contributed by atoms with Crippen molar-refractivity contribution in [2.24, 2.45) is 23.1 Å². The van der Waals surface area contributed by atoms with E-state index in [1.807, 2.05) is 6.92 Å². The highest BCUT2D eigenvalue weighted by atomic mass is 16.4. The zero-order chi connectivity index (χ0) is 50.5. The maximum Gasteiger partial charge on any atom is 0.326 e. The van der Waals surface area contributed by atoms with Crippen LogP contribution in [-0.4, -0.2) is 151 Å². The van der Waals surface area contributed by atoms with Gasteiger partial charge in [-0.15, -0.1) is 0 Å². The minimum absolute atomic E-state index is 0.0350. The molecule has 1 fully saturated rings. The van der Waals surface area contributed by atoms with Gasteiger partial charge in [-0.3, -0.25) is 43.2 Å². The number of hydrogen-bond acceptors (Lipinski definition) is 14. The van der Waals surface area contributed by atoms with E-state index in [0.29, 0.717) is 36.9 Å². The number of carboxylic acid groups (broad SMARTS) is 2. The molecule has 8 amide bonds. The number of aromatic nitrogens is 2. The summed E-state index contributed by atoms with van der Waals surface area (Å²) < 4.78 is 0. The second-order valence-corrected chi connectivity index (χ2v) is 16.6. The molecule has 25 nitrogen and oxygen atoms in total. The molecular formula is C43H64N12O13. The Morgan fingerprint density at radius 1 is 0.824 bits per heavy atom. The molecule has 1 aliphatic rings. The molecule has 16 N–H and O–H groups in total. The summed E-state index contributed by atoms with van der Waals surface area (Å²) in [4.78, 5) is 138. The Labute approximate surface area is 391 Å². The van der Waals surface area contributed by atoms with E-state index in [2.05, 4.69) is 41.9 Å². The quantitative estimate of drug-likeness (QED) is 0.0356. The van der Waals surface area contributed by atoms with E-state index in [0.717, 1.165) is 0 Å². The van der Waals surface area contributed by atoms with Gasteiger partial charge >= 0.3 is 11.9 Å². The number of aromatic amines is 1. The number of primary amides is 1. The second-order valence-electron chi connectivity index (χ2n) is 16.6. The SMILES string of the molecule is CC[C@H](C)[C@H](N)C(=O)N[C@@H](Cc1cnc[nH]1)C(=O)N[C@@H](CCC(=O)O)C(=O)N1CCC[C@H]1C(=O)N[C@@H](CCCCN)C(=O)NCC(=O)N[C@@H](Cc1ccc(O)cc1)C(=O)N[C@@H](CC(N)=O)C(=O)O. The van der Waals surface area contributed by atoms with Gasteiger partial charge in [-0.1, -0.05) is 32.4 Å². The van der Waals surface area contributed by atoms with Crippen molar-refractivity contribution in [2.45, 2.75) is 127 Å². The van der Waals surface area contributed by atoms with Crippen molar-refractivity contribution < 1.29 is 63.3 Å². The van der Waals surface area contributed by atoms with Crippen LogP contribution in [0.1, 0.15) is 82.9 Å². The van der Waals surface area contributed by atoms with Gasteiger partial charge in [0, 0.05) is 37.7 Å². The number of nitrogens with two attached hydrogens (primary N) is 3. The van der Waals surface area contributed by atoms with E-state index < -0.39 is 121 Å². The van der Waals surface area contributed by atoms with Crippen molar-refractivity contribution >= 4 is 59.2 Å². The molecule has 1 aromatic carbocycles. The molecule has 0 bridgehead atoms. The van der Waals surface area contributed by atoms with Crippen molar-refractivity contribution in [1.82, 2.24) is 46.8 Å². The third-order valence-corrected chi connectivity index (χ3v) is 11.3. The average molecular weight is 957 g/mol. The lowest BCUT2D eigenvalue weighted by molar-refractivity contribution is -0.144. The normalized spacial score (nSPS) is 16.4. The van der Waals surface area contributed by atoms with Gasteiger partial charge in [-0.25, -0.2) is 9.78 Å². The van der Waals surface area contributed by atoms with Gasteiger partial charge in [-0.05, 0) is 68.7 Å². The molecule has 68 heavy (non-hydrogen) atoms. The van der Waals surface area contributed by atoms with Gasteiger partial charge < -0.3 is 74.3 Å². The lowest BCUT2D eigenvalue weighted by Crippen LogP contribution is -2.59. The van der Waals surface area contributed by atoms with Gasteiger partial charge in [0.25, 0.3) is 0 Å². The monoisotopic (exact) mass is 956 g/mol. The van der Waals surface area contributed by atoms with Crippen LogP contribution in [0.4, 0.5) is 0 Å². The topological polar surface area (TPSA) is 414 Å². The Kier molecular flexibility index (Phi) is 22.3. The van der Waals surface area contributed by atoms with Gasteiger partial charge in [0.05, 0.1) is 25.3 Å². The number of aliphatic carboxylic acids is 2. The number of rotatable bonds is 29. The number of benzene rings is 1. The highest BCUT2D eigenvalue weighted by molar-refractivity contribution is 5.97. The first-order chi connectivity index (χ1) is 32.2. The Hall–Kier alpha value is -7.15. The van der Waals surface area contributed by atoms with Crippen LogP contribution in [0.5, 0.6) is 5.75 Å². The minimum Gasteiger partial charge on any atom is -0.508 e. The number of phenolic OH excluding ortho intramolecular Hbond substituents is 1. The third kappa shape index (κ3) is 17.9. The summed E-state index contributed by atoms with van der Waals surface area (Å²) in [5.74, 6) is -9.88. The third-order valence-electron chi connectivity index (χ3n) is 11.3. The molecule has 2 aromatic rings. The molecule has 0 unspecified atom stereocenters. The number of amides is 8. The predicted molar refractivity (Wildman–Crippen MR) is 240 cm³/mol. The van der Waals surface area contributed by atoms with Crippen molar-refractivity contribution in [2.75, 3.05) is 19.6 Å². The highest BCUT2D eigenvalue weighted by Gasteiger charge is 2.40. The Morgan fingerprint density at radius 2 is 1.47 bits per heavy atom. The fourth-order valence-electron chi connectivity index (χ4n) is 7.22. The summed E-state index contributed by atoms with van der Waals surface area (Å²) >= 11 is 0. The number of aromatic hydroxyl groups is 1. The number of hydrogen-bond donors (Lipinski definition) is 13. The summed E-state index contributed by atoms with van der Waals surface area (Å²) in [5, 5.41) is 43.6. The molecule has 0 aliphatic carbocycles. The average Bonchev–Trinajstić information content (AvgIpc) is 4.01. The van der Waals surface area contributed by atoms with E-state index in [4.69, 9.17) is 17.2 Å². The number of carbonyl (C=O) groups excluding carboxylic acids is 8. The Morgan fingerprint density at radius 3 is 2.06 bits per heavy atom. The van der Waals surface area contributed by atoms with Crippen LogP contribution in [0.25, 0.3) is 0 Å². The van der Waals surface area contributed by atoms with Crippen LogP contribution in [-0.2, 0) is 60.8 Å². The van der Waals surface area contributed by atoms with Crippen molar-refractivity contribution in [3.63, 3.8) is 0 Å². The molecule has 3 rings (SSSR count).